The molecule has 1 saturated heterocycles. The van der Waals surface area contributed by atoms with Gasteiger partial charge in [-0.2, -0.15) is 5.10 Å². The molecule has 3 aromatic rings. The largest absolute Gasteiger partial charge is 0.461 e. The van der Waals surface area contributed by atoms with Crippen LogP contribution in [-0.2, 0) is 9.47 Å². The van der Waals surface area contributed by atoms with Crippen molar-refractivity contribution in [1.82, 2.24) is 20.0 Å². The van der Waals surface area contributed by atoms with Gasteiger partial charge in [-0.3, -0.25) is 10.2 Å². The third-order valence-electron chi connectivity index (χ3n) is 6.52. The van der Waals surface area contributed by atoms with Gasteiger partial charge < -0.3 is 14.8 Å². The summed E-state index contributed by atoms with van der Waals surface area (Å²) in [6.07, 6.45) is 0. The minimum atomic E-state index is -0.935. The number of para-hydroxylation sites is 1. The molecule has 2 N–H and O–H groups in total. The van der Waals surface area contributed by atoms with Gasteiger partial charge in [-0.05, 0) is 43.7 Å². The van der Waals surface area contributed by atoms with E-state index in [0.29, 0.717) is 48.9 Å². The Hall–Kier alpha value is -3.83. The zero-order valence-electron chi connectivity index (χ0n) is 21.5. The summed E-state index contributed by atoms with van der Waals surface area (Å²) < 4.78 is 39.4. The van der Waals surface area contributed by atoms with E-state index < -0.39 is 29.7 Å². The van der Waals surface area contributed by atoms with Gasteiger partial charge in [0.25, 0.3) is 0 Å². The molecule has 2 atom stereocenters. The first-order chi connectivity index (χ1) is 18.3. The second-order valence-corrected chi connectivity index (χ2v) is 9.03. The molecule has 1 fully saturated rings. The Morgan fingerprint density at radius 2 is 1.87 bits per heavy atom. The number of carbonyl (C=O) groups excluding carboxylic acids is 2. The minimum Gasteiger partial charge on any atom is -0.461 e. The molecule has 1 aliphatic rings. The van der Waals surface area contributed by atoms with Gasteiger partial charge in [0.15, 0.2) is 17.3 Å². The topological polar surface area (TPSA) is 97.7 Å². The molecule has 2 heterocycles. The van der Waals surface area contributed by atoms with E-state index in [9.17, 15) is 18.4 Å². The van der Waals surface area contributed by atoms with Gasteiger partial charge in [0.2, 0.25) is 0 Å². The van der Waals surface area contributed by atoms with E-state index >= 15 is 0 Å². The van der Waals surface area contributed by atoms with Gasteiger partial charge in [0, 0.05) is 38.2 Å². The summed E-state index contributed by atoms with van der Waals surface area (Å²) in [6.45, 7) is 5.72. The van der Waals surface area contributed by atoms with Gasteiger partial charge >= 0.3 is 12.0 Å². The van der Waals surface area contributed by atoms with Crippen molar-refractivity contribution in [3.63, 3.8) is 0 Å². The van der Waals surface area contributed by atoms with E-state index in [4.69, 9.17) is 9.47 Å². The predicted molar refractivity (Wildman–Crippen MR) is 138 cm³/mol. The number of anilines is 1. The summed E-state index contributed by atoms with van der Waals surface area (Å²) in [6, 6.07) is 12.0. The summed E-state index contributed by atoms with van der Waals surface area (Å²) in [7, 11) is 1.61. The molecule has 4 rings (SSSR count). The molecule has 1 aromatic heterocycles. The third kappa shape index (κ3) is 6.00. The number of methoxy groups -OCH3 is 1. The third-order valence-corrected chi connectivity index (χ3v) is 6.52. The van der Waals surface area contributed by atoms with Crippen molar-refractivity contribution in [3.8, 4) is 5.69 Å². The molecule has 0 saturated carbocycles. The van der Waals surface area contributed by atoms with Crippen LogP contribution in [0.2, 0.25) is 0 Å². The van der Waals surface area contributed by atoms with Crippen LogP contribution in [0.25, 0.3) is 5.69 Å². The number of hydrogen-bond acceptors (Lipinski definition) is 6. The number of aromatic nitrogens is 2. The quantitative estimate of drug-likeness (QED) is 0.410. The first-order valence-electron chi connectivity index (χ1n) is 12.4. The molecular formula is C27H31F2N5O4. The maximum Gasteiger partial charge on any atom is 0.359 e. The van der Waals surface area contributed by atoms with Crippen LogP contribution in [0.3, 0.4) is 0 Å². The van der Waals surface area contributed by atoms with Gasteiger partial charge in [-0.1, -0.05) is 24.3 Å². The lowest BCUT2D eigenvalue weighted by Gasteiger charge is -2.21. The van der Waals surface area contributed by atoms with Crippen LogP contribution in [0.1, 0.15) is 34.5 Å². The molecule has 2 aromatic carbocycles. The molecule has 0 bridgehead atoms. The van der Waals surface area contributed by atoms with E-state index in [1.165, 1.54) is 16.8 Å². The average Bonchev–Trinajstić information content (AvgIpc) is 3.45. The monoisotopic (exact) mass is 527 g/mol. The smallest absolute Gasteiger partial charge is 0.359 e. The van der Waals surface area contributed by atoms with Gasteiger partial charge in [-0.25, -0.2) is 23.1 Å². The molecule has 0 spiro atoms. The van der Waals surface area contributed by atoms with Crippen LogP contribution in [0.5, 0.6) is 0 Å². The van der Waals surface area contributed by atoms with E-state index in [1.807, 2.05) is 18.2 Å². The number of carbonyl (C=O) groups is 2. The van der Waals surface area contributed by atoms with Crippen LogP contribution in [0, 0.1) is 18.6 Å². The number of amides is 2. The van der Waals surface area contributed by atoms with Gasteiger partial charge in [0.05, 0.1) is 24.9 Å². The van der Waals surface area contributed by atoms with Crippen LogP contribution in [0.4, 0.5) is 19.4 Å². The van der Waals surface area contributed by atoms with Gasteiger partial charge in [-0.15, -0.1) is 0 Å². The number of esters is 1. The molecule has 202 valence electrons. The highest BCUT2D eigenvalue weighted by atomic mass is 19.2. The molecule has 1 aliphatic heterocycles. The van der Waals surface area contributed by atoms with Gasteiger partial charge in [0.1, 0.15) is 5.82 Å². The highest BCUT2D eigenvalue weighted by molar-refractivity contribution is 5.95. The van der Waals surface area contributed by atoms with Crippen LogP contribution in [0.15, 0.2) is 48.5 Å². The van der Waals surface area contributed by atoms with Crippen molar-refractivity contribution in [3.05, 3.63) is 77.0 Å². The van der Waals surface area contributed by atoms with Crippen LogP contribution >= 0.6 is 0 Å². The molecule has 38 heavy (non-hydrogen) atoms. The Kier molecular flexibility index (Phi) is 8.70. The maximum atomic E-state index is 14.0. The molecule has 11 heteroatoms. The number of likely N-dealkylation sites (tertiary alicyclic amines) is 1. The number of rotatable bonds is 9. The van der Waals surface area contributed by atoms with Crippen LogP contribution in [-0.4, -0.2) is 72.7 Å². The Morgan fingerprint density at radius 3 is 2.55 bits per heavy atom. The number of nitrogens with one attached hydrogen (secondary N) is 2. The minimum absolute atomic E-state index is 0.0947. The normalized spacial score (nSPS) is 17.4. The molecular weight excluding hydrogens is 496 g/mol. The predicted octanol–water partition coefficient (Wildman–Crippen LogP) is 3.87. The number of urea groups is 1. The molecule has 0 aliphatic carbocycles. The van der Waals surface area contributed by atoms with Crippen molar-refractivity contribution in [2.75, 3.05) is 45.3 Å². The number of halogens is 2. The Bertz CT molecular complexity index is 1280. The van der Waals surface area contributed by atoms with Crippen LogP contribution < -0.4 is 10.6 Å². The average molecular weight is 528 g/mol. The fraction of sp³-hybridized carbons (Fsp3) is 0.370. The summed E-state index contributed by atoms with van der Waals surface area (Å²) in [5, 5.41) is 10.2. The zero-order chi connectivity index (χ0) is 27.2. The number of benzene rings is 2. The Morgan fingerprint density at radius 1 is 1.11 bits per heavy atom. The molecule has 0 radical (unpaired) electrons. The van der Waals surface area contributed by atoms with E-state index in [2.05, 4.69) is 20.6 Å². The molecule has 2 unspecified atom stereocenters. The maximum absolute atomic E-state index is 14.0. The first kappa shape index (κ1) is 27.2. The Labute approximate surface area is 219 Å². The SMILES string of the molecule is CCOC(=O)c1nn(-c2ccccc2)c(NC(=O)NC2CN(CCOC)CC2c2ccc(F)c(F)c2)c1C. The first-order valence-corrected chi connectivity index (χ1v) is 12.4. The summed E-state index contributed by atoms with van der Waals surface area (Å²) in [5.41, 5.74) is 1.78. The Balaban J connectivity index is 1.59. The zero-order valence-corrected chi connectivity index (χ0v) is 21.5. The van der Waals surface area contributed by atoms with Crippen molar-refractivity contribution in [2.24, 2.45) is 0 Å². The molecule has 9 nitrogen and oxygen atoms in total. The fourth-order valence-electron chi connectivity index (χ4n) is 4.62. The second-order valence-electron chi connectivity index (χ2n) is 9.03. The lowest BCUT2D eigenvalue weighted by atomic mass is 9.94. The van der Waals surface area contributed by atoms with E-state index in [0.717, 1.165) is 6.07 Å². The second kappa shape index (κ2) is 12.1. The van der Waals surface area contributed by atoms with E-state index in [1.54, 1.807) is 33.1 Å². The fourth-order valence-corrected chi connectivity index (χ4v) is 4.62. The molecule has 2 amide bonds. The summed E-state index contributed by atoms with van der Waals surface area (Å²) in [4.78, 5) is 27.9. The highest BCUT2D eigenvalue weighted by Crippen LogP contribution is 2.29. The van der Waals surface area contributed by atoms with E-state index in [-0.39, 0.29) is 18.2 Å². The van der Waals surface area contributed by atoms with Crippen molar-refractivity contribution in [1.29, 1.82) is 0 Å². The number of hydrogen-bond donors (Lipinski definition) is 2. The van der Waals surface area contributed by atoms with Crippen molar-refractivity contribution >= 4 is 17.8 Å². The van der Waals surface area contributed by atoms with Crippen molar-refractivity contribution in [2.45, 2.75) is 25.8 Å². The summed E-state index contributed by atoms with van der Waals surface area (Å²) in [5.74, 6) is -2.41. The standard InChI is InChI=1S/C27H31F2N5O4/c1-4-38-26(35)24-17(2)25(34(32-24)19-8-6-5-7-9-19)31-27(36)30-23-16-33(12-13-37-3)15-20(23)18-10-11-21(28)22(29)14-18/h5-11,14,20,23H,4,12-13,15-16H2,1-3H3,(H2,30,31,36). The number of nitrogens with zero attached hydrogens (tertiary/aromatic N) is 3. The lowest BCUT2D eigenvalue weighted by Crippen LogP contribution is -2.42. The highest BCUT2D eigenvalue weighted by Gasteiger charge is 2.35. The number of ether oxygens (including phenoxy) is 2. The summed E-state index contributed by atoms with van der Waals surface area (Å²) >= 11 is 0. The van der Waals surface area contributed by atoms with Crippen molar-refractivity contribution < 1.29 is 27.8 Å². The lowest BCUT2D eigenvalue weighted by molar-refractivity contribution is 0.0518.